The number of hydrogen-bond donors (Lipinski definition) is 3. The van der Waals surface area contributed by atoms with Gasteiger partial charge in [0.1, 0.15) is 6.61 Å². The Morgan fingerprint density at radius 2 is 1.63 bits per heavy atom. The van der Waals surface area contributed by atoms with E-state index in [0.29, 0.717) is 19.6 Å². The fourth-order valence-corrected chi connectivity index (χ4v) is 5.16. The minimum atomic E-state index is -0.778. The average Bonchev–Trinajstić information content (AvgIpc) is 3.13. The first-order chi connectivity index (χ1) is 16.9. The Hall–Kier alpha value is -3.35. The van der Waals surface area contributed by atoms with Crippen LogP contribution in [0, 0.1) is 11.8 Å². The Kier molecular flexibility index (Phi) is 8.06. The molecule has 2 aliphatic rings. The molecule has 0 saturated heterocycles. The summed E-state index contributed by atoms with van der Waals surface area (Å²) < 4.78 is 5.56. The van der Waals surface area contributed by atoms with Crippen LogP contribution in [0.3, 0.4) is 0 Å². The lowest BCUT2D eigenvalue weighted by Crippen LogP contribution is -2.44. The zero-order valence-electron chi connectivity index (χ0n) is 20.2. The van der Waals surface area contributed by atoms with E-state index in [1.54, 1.807) is 0 Å². The van der Waals surface area contributed by atoms with Crippen LogP contribution in [0.25, 0.3) is 11.1 Å². The van der Waals surface area contributed by atoms with E-state index in [0.717, 1.165) is 25.7 Å². The first-order valence-electron chi connectivity index (χ1n) is 12.5. The Balaban J connectivity index is 1.11. The number of amides is 2. The summed E-state index contributed by atoms with van der Waals surface area (Å²) in [5.41, 5.74) is 4.78. The molecule has 0 heterocycles. The lowest BCUT2D eigenvalue weighted by atomic mass is 9.78. The van der Waals surface area contributed by atoms with E-state index < -0.39 is 12.1 Å². The van der Waals surface area contributed by atoms with Crippen molar-refractivity contribution in [2.45, 2.75) is 57.4 Å². The van der Waals surface area contributed by atoms with E-state index in [-0.39, 0.29) is 36.1 Å². The number of hydrogen-bond acceptors (Lipinski definition) is 4. The van der Waals surface area contributed by atoms with E-state index in [9.17, 15) is 14.4 Å². The SMILES string of the molecule is CC(CCNC(=O)OCC1c2ccccc2-c2ccccc21)CCC(=O)NC1CC(CC(=O)O)C1. The van der Waals surface area contributed by atoms with Gasteiger partial charge in [0.2, 0.25) is 5.91 Å². The molecule has 1 atom stereocenters. The second-order valence-corrected chi connectivity index (χ2v) is 9.88. The Bertz CT molecular complexity index is 1020. The van der Waals surface area contributed by atoms with Crippen molar-refractivity contribution >= 4 is 18.0 Å². The highest BCUT2D eigenvalue weighted by atomic mass is 16.5. The van der Waals surface area contributed by atoms with Crippen molar-refractivity contribution in [3.05, 3.63) is 59.7 Å². The third kappa shape index (κ3) is 6.41. The van der Waals surface area contributed by atoms with Gasteiger partial charge in [0.25, 0.3) is 0 Å². The fraction of sp³-hybridized carbons (Fsp3) is 0.464. The molecule has 2 amide bonds. The Morgan fingerprint density at radius 3 is 2.26 bits per heavy atom. The molecule has 186 valence electrons. The molecule has 7 nitrogen and oxygen atoms in total. The Morgan fingerprint density at radius 1 is 1.00 bits per heavy atom. The molecular weight excluding hydrogens is 444 g/mol. The van der Waals surface area contributed by atoms with Gasteiger partial charge in [-0.1, -0.05) is 55.5 Å². The zero-order chi connectivity index (χ0) is 24.8. The molecule has 35 heavy (non-hydrogen) atoms. The van der Waals surface area contributed by atoms with Crippen LogP contribution < -0.4 is 10.6 Å². The van der Waals surface area contributed by atoms with Crippen molar-refractivity contribution < 1.29 is 24.2 Å². The smallest absolute Gasteiger partial charge is 0.407 e. The minimum Gasteiger partial charge on any atom is -0.481 e. The van der Waals surface area contributed by atoms with E-state index >= 15 is 0 Å². The van der Waals surface area contributed by atoms with E-state index in [4.69, 9.17) is 9.84 Å². The third-order valence-electron chi connectivity index (χ3n) is 7.18. The fourth-order valence-electron chi connectivity index (χ4n) is 5.16. The molecule has 0 aliphatic heterocycles. The number of benzene rings is 2. The molecule has 1 saturated carbocycles. The van der Waals surface area contributed by atoms with Crippen LogP contribution in [-0.2, 0) is 14.3 Å². The predicted octanol–water partition coefficient (Wildman–Crippen LogP) is 4.70. The first-order valence-corrected chi connectivity index (χ1v) is 12.5. The summed E-state index contributed by atoms with van der Waals surface area (Å²) in [5.74, 6) is -0.252. The van der Waals surface area contributed by atoms with Crippen molar-refractivity contribution in [1.29, 1.82) is 0 Å². The van der Waals surface area contributed by atoms with Crippen LogP contribution in [0.5, 0.6) is 0 Å². The molecule has 0 bridgehead atoms. The van der Waals surface area contributed by atoms with Crippen LogP contribution in [0.2, 0.25) is 0 Å². The highest BCUT2D eigenvalue weighted by molar-refractivity contribution is 5.79. The third-order valence-corrected chi connectivity index (χ3v) is 7.18. The maximum Gasteiger partial charge on any atom is 0.407 e. The highest BCUT2D eigenvalue weighted by Crippen LogP contribution is 2.44. The van der Waals surface area contributed by atoms with Crippen molar-refractivity contribution in [2.24, 2.45) is 11.8 Å². The number of fused-ring (bicyclic) bond motifs is 3. The van der Waals surface area contributed by atoms with Crippen LogP contribution in [0.1, 0.15) is 62.5 Å². The van der Waals surface area contributed by atoms with Crippen LogP contribution in [0.15, 0.2) is 48.5 Å². The lowest BCUT2D eigenvalue weighted by Gasteiger charge is -2.35. The molecule has 0 radical (unpaired) electrons. The molecule has 0 aromatic heterocycles. The second kappa shape index (κ2) is 11.4. The molecule has 7 heteroatoms. The summed E-state index contributed by atoms with van der Waals surface area (Å²) in [5, 5.41) is 14.6. The van der Waals surface area contributed by atoms with Gasteiger partial charge in [0, 0.05) is 31.3 Å². The lowest BCUT2D eigenvalue weighted by molar-refractivity contribution is -0.139. The van der Waals surface area contributed by atoms with Gasteiger partial charge in [-0.3, -0.25) is 9.59 Å². The Labute approximate surface area is 206 Å². The van der Waals surface area contributed by atoms with E-state index in [1.165, 1.54) is 22.3 Å². The van der Waals surface area contributed by atoms with Gasteiger partial charge >= 0.3 is 12.1 Å². The molecule has 0 spiro atoms. The molecular formula is C28H34N2O5. The molecule has 2 aliphatic carbocycles. The quantitative estimate of drug-likeness (QED) is 0.434. The standard InChI is InChI=1S/C28H34N2O5/c1-18(10-11-26(31)30-20-14-19(15-20)16-27(32)33)12-13-29-28(34)35-17-25-23-8-4-2-6-21(23)22-7-3-5-9-24(22)25/h2-9,18-20,25H,10-17H2,1H3,(H,29,34)(H,30,31)(H,32,33). The average molecular weight is 479 g/mol. The molecule has 1 fully saturated rings. The number of rotatable bonds is 11. The number of ether oxygens (including phenoxy) is 1. The number of carboxylic acids is 1. The van der Waals surface area contributed by atoms with Gasteiger partial charge < -0.3 is 20.5 Å². The molecule has 3 N–H and O–H groups in total. The highest BCUT2D eigenvalue weighted by Gasteiger charge is 2.31. The molecule has 4 rings (SSSR count). The number of carbonyl (C=O) groups is 3. The molecule has 1 unspecified atom stereocenters. The summed E-state index contributed by atoms with van der Waals surface area (Å²) in [6.07, 6.45) is 3.20. The summed E-state index contributed by atoms with van der Waals surface area (Å²) in [6.45, 7) is 2.86. The van der Waals surface area contributed by atoms with E-state index in [1.807, 2.05) is 24.3 Å². The van der Waals surface area contributed by atoms with Gasteiger partial charge in [0.05, 0.1) is 0 Å². The largest absolute Gasteiger partial charge is 0.481 e. The number of nitrogens with one attached hydrogen (secondary N) is 2. The predicted molar refractivity (Wildman–Crippen MR) is 133 cm³/mol. The monoisotopic (exact) mass is 478 g/mol. The topological polar surface area (TPSA) is 105 Å². The number of alkyl carbamates (subject to hydrolysis) is 1. The van der Waals surface area contributed by atoms with Crippen molar-refractivity contribution in [3.8, 4) is 11.1 Å². The number of carboxylic acid groups (broad SMARTS) is 1. The normalized spacial score (nSPS) is 19.1. The van der Waals surface area contributed by atoms with Gasteiger partial charge in [-0.25, -0.2) is 4.79 Å². The van der Waals surface area contributed by atoms with E-state index in [2.05, 4.69) is 41.8 Å². The maximum absolute atomic E-state index is 12.3. The minimum absolute atomic E-state index is 0.0140. The summed E-state index contributed by atoms with van der Waals surface area (Å²) >= 11 is 0. The van der Waals surface area contributed by atoms with Gasteiger partial charge in [-0.05, 0) is 59.8 Å². The number of aliphatic carboxylic acids is 1. The second-order valence-electron chi connectivity index (χ2n) is 9.88. The molecule has 2 aromatic rings. The number of carbonyl (C=O) groups excluding carboxylic acids is 2. The summed E-state index contributed by atoms with van der Waals surface area (Å²) in [7, 11) is 0. The van der Waals surface area contributed by atoms with Crippen LogP contribution in [0.4, 0.5) is 4.79 Å². The van der Waals surface area contributed by atoms with Crippen LogP contribution >= 0.6 is 0 Å². The van der Waals surface area contributed by atoms with Crippen molar-refractivity contribution in [2.75, 3.05) is 13.2 Å². The summed E-state index contributed by atoms with van der Waals surface area (Å²) in [6, 6.07) is 16.6. The maximum atomic E-state index is 12.3. The van der Waals surface area contributed by atoms with Gasteiger partial charge in [-0.15, -0.1) is 0 Å². The summed E-state index contributed by atoms with van der Waals surface area (Å²) in [4.78, 5) is 35.1. The van der Waals surface area contributed by atoms with Crippen molar-refractivity contribution in [1.82, 2.24) is 10.6 Å². The van der Waals surface area contributed by atoms with Crippen LogP contribution in [-0.4, -0.2) is 42.3 Å². The van der Waals surface area contributed by atoms with Gasteiger partial charge in [0.15, 0.2) is 0 Å². The molecule has 2 aromatic carbocycles. The zero-order valence-corrected chi connectivity index (χ0v) is 20.2. The first kappa shape index (κ1) is 24.8. The van der Waals surface area contributed by atoms with Gasteiger partial charge in [-0.2, -0.15) is 0 Å². The van der Waals surface area contributed by atoms with Crippen molar-refractivity contribution in [3.63, 3.8) is 0 Å².